The number of nitrogens with zero attached hydrogens (tertiary/aromatic N) is 1. The van der Waals surface area contributed by atoms with Crippen molar-refractivity contribution < 1.29 is 13.9 Å². The summed E-state index contributed by atoms with van der Waals surface area (Å²) < 4.78 is 20.0. The Labute approximate surface area is 182 Å². The van der Waals surface area contributed by atoms with Gasteiger partial charge in [0.05, 0.1) is 9.50 Å². The number of carbonyl (C=O) groups is 1. The molecule has 4 nitrogen and oxygen atoms in total. The molecule has 2 aromatic carbocycles. The van der Waals surface area contributed by atoms with Crippen molar-refractivity contribution in [3.63, 3.8) is 0 Å². The summed E-state index contributed by atoms with van der Waals surface area (Å²) in [6.45, 7) is 0.0212. The number of hydrogen-bond donors (Lipinski definition) is 1. The summed E-state index contributed by atoms with van der Waals surface area (Å²) >= 11 is 9.72. The van der Waals surface area contributed by atoms with Crippen LogP contribution in [0.5, 0.6) is 5.75 Å². The number of hydrogen-bond acceptors (Lipinski definition) is 3. The van der Waals surface area contributed by atoms with Crippen LogP contribution in [0.2, 0.25) is 5.02 Å². The lowest BCUT2D eigenvalue weighted by molar-refractivity contribution is -0.117. The smallest absolute Gasteiger partial charge is 0.262 e. The maximum Gasteiger partial charge on any atom is 0.262 e. The van der Waals surface area contributed by atoms with E-state index < -0.39 is 0 Å². The summed E-state index contributed by atoms with van der Waals surface area (Å²) in [6.07, 6.45) is 5.55. The SMILES string of the molecule is N#C/C(=C/c1cc(Cl)c(OCc2ccccc2F)c(Br)c1)C(=O)NC1CCCC1. The molecule has 2 aromatic rings. The summed E-state index contributed by atoms with van der Waals surface area (Å²) in [5.41, 5.74) is 1.01. The molecule has 7 heteroatoms. The van der Waals surface area contributed by atoms with Gasteiger partial charge >= 0.3 is 0 Å². The fourth-order valence-electron chi connectivity index (χ4n) is 3.21. The molecule has 29 heavy (non-hydrogen) atoms. The number of nitriles is 1. The van der Waals surface area contributed by atoms with Crippen LogP contribution in [0.1, 0.15) is 36.8 Å². The van der Waals surface area contributed by atoms with Gasteiger partial charge in [-0.25, -0.2) is 4.39 Å². The second kappa shape index (κ2) is 9.91. The molecule has 0 radical (unpaired) electrons. The Kier molecular flexibility index (Phi) is 7.29. The molecule has 0 atom stereocenters. The third-order valence-corrected chi connectivity index (χ3v) is 5.59. The largest absolute Gasteiger partial charge is 0.486 e. The Morgan fingerprint density at radius 2 is 2.07 bits per heavy atom. The zero-order chi connectivity index (χ0) is 20.8. The van der Waals surface area contributed by atoms with Crippen LogP contribution in [0.15, 0.2) is 46.4 Å². The lowest BCUT2D eigenvalue weighted by atomic mass is 10.1. The van der Waals surface area contributed by atoms with E-state index >= 15 is 0 Å². The molecule has 1 aliphatic rings. The maximum atomic E-state index is 13.8. The molecule has 0 aliphatic heterocycles. The lowest BCUT2D eigenvalue weighted by Crippen LogP contribution is -2.33. The molecular weight excluding hydrogens is 459 g/mol. The molecule has 0 unspecified atom stereocenters. The third-order valence-electron chi connectivity index (χ3n) is 4.72. The minimum Gasteiger partial charge on any atom is -0.486 e. The predicted octanol–water partition coefficient (Wildman–Crippen LogP) is 5.79. The van der Waals surface area contributed by atoms with Crippen LogP contribution < -0.4 is 10.1 Å². The van der Waals surface area contributed by atoms with Gasteiger partial charge in [0.2, 0.25) is 0 Å². The van der Waals surface area contributed by atoms with Crippen molar-refractivity contribution in [3.8, 4) is 11.8 Å². The number of halogens is 3. The van der Waals surface area contributed by atoms with Gasteiger partial charge in [0, 0.05) is 11.6 Å². The first-order chi connectivity index (χ1) is 14.0. The standard InChI is InChI=1S/C22H19BrClFN2O2/c23-18-10-14(9-16(12-26)22(28)27-17-6-2-3-7-17)11-19(24)21(18)29-13-15-5-1-4-8-20(15)25/h1,4-5,8-11,17H,2-3,6-7,13H2,(H,27,28)/b16-9-. The molecule has 0 saturated heterocycles. The van der Waals surface area contributed by atoms with Gasteiger partial charge in [0.25, 0.3) is 5.91 Å². The molecule has 1 fully saturated rings. The second-order valence-electron chi connectivity index (χ2n) is 6.82. The number of ether oxygens (including phenoxy) is 1. The topological polar surface area (TPSA) is 62.1 Å². The van der Waals surface area contributed by atoms with E-state index in [2.05, 4.69) is 21.2 Å². The summed E-state index contributed by atoms with van der Waals surface area (Å²) in [5.74, 6) is -0.376. The Balaban J connectivity index is 1.75. The lowest BCUT2D eigenvalue weighted by Gasteiger charge is -2.13. The minimum absolute atomic E-state index is 0.0138. The maximum absolute atomic E-state index is 13.8. The summed E-state index contributed by atoms with van der Waals surface area (Å²) in [4.78, 5) is 12.4. The van der Waals surface area contributed by atoms with Gasteiger partial charge in [-0.05, 0) is 58.6 Å². The van der Waals surface area contributed by atoms with E-state index in [9.17, 15) is 14.4 Å². The van der Waals surface area contributed by atoms with Crippen LogP contribution in [0.25, 0.3) is 6.08 Å². The van der Waals surface area contributed by atoms with Crippen LogP contribution in [0.3, 0.4) is 0 Å². The van der Waals surface area contributed by atoms with Crippen molar-refractivity contribution in [3.05, 3.63) is 68.4 Å². The molecule has 1 amide bonds. The highest BCUT2D eigenvalue weighted by molar-refractivity contribution is 9.10. The minimum atomic E-state index is -0.383. The quantitative estimate of drug-likeness (QED) is 0.423. The highest BCUT2D eigenvalue weighted by Crippen LogP contribution is 2.36. The highest BCUT2D eigenvalue weighted by atomic mass is 79.9. The first-order valence-corrected chi connectivity index (χ1v) is 10.4. The van der Waals surface area contributed by atoms with Gasteiger partial charge in [-0.15, -0.1) is 0 Å². The number of nitrogens with one attached hydrogen (secondary N) is 1. The second-order valence-corrected chi connectivity index (χ2v) is 8.08. The van der Waals surface area contributed by atoms with Crippen molar-refractivity contribution in [2.45, 2.75) is 38.3 Å². The van der Waals surface area contributed by atoms with E-state index in [1.807, 2.05) is 6.07 Å². The number of carbonyl (C=O) groups excluding carboxylic acids is 1. The normalized spacial score (nSPS) is 14.5. The van der Waals surface area contributed by atoms with Crippen LogP contribution in [-0.4, -0.2) is 11.9 Å². The molecule has 1 saturated carbocycles. The van der Waals surface area contributed by atoms with Crippen molar-refractivity contribution in [2.24, 2.45) is 0 Å². The van der Waals surface area contributed by atoms with Crippen LogP contribution >= 0.6 is 27.5 Å². The molecule has 0 aromatic heterocycles. The van der Waals surface area contributed by atoms with E-state index in [0.29, 0.717) is 21.3 Å². The highest BCUT2D eigenvalue weighted by Gasteiger charge is 2.19. The Morgan fingerprint density at radius 1 is 1.34 bits per heavy atom. The van der Waals surface area contributed by atoms with Gasteiger partial charge in [0.1, 0.15) is 24.1 Å². The Hall–Kier alpha value is -2.36. The average molecular weight is 478 g/mol. The molecule has 0 bridgehead atoms. The van der Waals surface area contributed by atoms with Crippen molar-refractivity contribution in [1.29, 1.82) is 5.26 Å². The zero-order valence-corrected chi connectivity index (χ0v) is 17.9. The van der Waals surface area contributed by atoms with Gasteiger partial charge in [-0.1, -0.05) is 42.6 Å². The van der Waals surface area contributed by atoms with E-state index in [1.54, 1.807) is 30.3 Å². The first kappa shape index (κ1) is 21.4. The molecule has 150 valence electrons. The molecule has 3 rings (SSSR count). The van der Waals surface area contributed by atoms with Crippen molar-refractivity contribution in [2.75, 3.05) is 0 Å². The fraction of sp³-hybridized carbons (Fsp3) is 0.273. The summed E-state index contributed by atoms with van der Waals surface area (Å²) in [6, 6.07) is 11.7. The van der Waals surface area contributed by atoms with Gasteiger partial charge in [0.15, 0.2) is 5.75 Å². The number of rotatable bonds is 6. The van der Waals surface area contributed by atoms with Gasteiger partial charge < -0.3 is 10.1 Å². The monoisotopic (exact) mass is 476 g/mol. The van der Waals surface area contributed by atoms with Crippen LogP contribution in [0, 0.1) is 17.1 Å². The summed E-state index contributed by atoms with van der Waals surface area (Å²) in [7, 11) is 0. The molecule has 0 spiro atoms. The molecule has 1 N–H and O–H groups in total. The van der Waals surface area contributed by atoms with Crippen LogP contribution in [0.4, 0.5) is 4.39 Å². The van der Waals surface area contributed by atoms with Crippen molar-refractivity contribution >= 4 is 39.5 Å². The Morgan fingerprint density at radius 3 is 2.72 bits per heavy atom. The van der Waals surface area contributed by atoms with Gasteiger partial charge in [-0.2, -0.15) is 5.26 Å². The van der Waals surface area contributed by atoms with E-state index in [0.717, 1.165) is 25.7 Å². The fourth-order valence-corrected chi connectivity index (χ4v) is 4.20. The average Bonchev–Trinajstić information content (AvgIpc) is 3.19. The van der Waals surface area contributed by atoms with Crippen molar-refractivity contribution in [1.82, 2.24) is 5.32 Å². The Bertz CT molecular complexity index is 958. The predicted molar refractivity (Wildman–Crippen MR) is 114 cm³/mol. The van der Waals surface area contributed by atoms with Crippen LogP contribution in [-0.2, 0) is 11.4 Å². The zero-order valence-electron chi connectivity index (χ0n) is 15.6. The van der Waals surface area contributed by atoms with E-state index in [1.165, 1.54) is 12.1 Å². The molecule has 0 heterocycles. The summed E-state index contributed by atoms with van der Waals surface area (Å²) in [5, 5.41) is 12.6. The number of benzene rings is 2. The first-order valence-electron chi connectivity index (χ1n) is 9.26. The van der Waals surface area contributed by atoms with E-state index in [-0.39, 0.29) is 35.0 Å². The third kappa shape index (κ3) is 5.59. The molecule has 1 aliphatic carbocycles. The molecular formula is C22H19BrClFN2O2. The van der Waals surface area contributed by atoms with E-state index in [4.69, 9.17) is 16.3 Å². The van der Waals surface area contributed by atoms with Gasteiger partial charge in [-0.3, -0.25) is 4.79 Å². The number of amides is 1.